The maximum Gasteiger partial charge on any atom is 0.193 e. The fourth-order valence-corrected chi connectivity index (χ4v) is 4.83. The maximum absolute atomic E-state index is 6.12. The molecule has 2 saturated heterocycles. The van der Waals surface area contributed by atoms with Crippen LogP contribution >= 0.6 is 24.0 Å². The van der Waals surface area contributed by atoms with Gasteiger partial charge in [-0.1, -0.05) is 6.42 Å². The number of rotatable bonds is 8. The molecule has 1 unspecified atom stereocenters. The average molecular weight is 561 g/mol. The predicted molar refractivity (Wildman–Crippen MR) is 137 cm³/mol. The number of fused-ring (bicyclic) bond motifs is 1. The summed E-state index contributed by atoms with van der Waals surface area (Å²) in [6.07, 6.45) is 11.9. The quantitative estimate of drug-likeness (QED) is 0.228. The minimum Gasteiger partial charge on any atom is -0.376 e. The van der Waals surface area contributed by atoms with E-state index in [0.717, 1.165) is 96.2 Å². The molecule has 9 heteroatoms. The lowest BCUT2D eigenvalue weighted by Crippen LogP contribution is -2.47. The first kappa shape index (κ1) is 25.7. The number of likely N-dealkylation sites (tertiary alicyclic amines) is 1. The lowest BCUT2D eigenvalue weighted by molar-refractivity contribution is -0.0367. The van der Waals surface area contributed by atoms with Crippen LogP contribution < -0.4 is 5.32 Å². The molecule has 0 amide bonds. The molecule has 0 saturated carbocycles. The third-order valence-corrected chi connectivity index (χ3v) is 6.62. The molecule has 1 aromatic heterocycles. The molecule has 4 rings (SSSR count). The van der Waals surface area contributed by atoms with Crippen LogP contribution in [0.5, 0.6) is 0 Å². The molecular formula is C23H41IN6O2. The summed E-state index contributed by atoms with van der Waals surface area (Å²) in [5, 5.41) is 12.3. The molecule has 1 aromatic rings. The predicted octanol–water partition coefficient (Wildman–Crippen LogP) is 3.18. The second-order valence-electron chi connectivity index (χ2n) is 8.99. The topological polar surface area (TPSA) is 76.8 Å². The van der Waals surface area contributed by atoms with Crippen LogP contribution in [0.2, 0.25) is 0 Å². The SMILES string of the molecule is CCNC(=NCCCc1nnc2n1CCCCC2)N1CCC(OCC2CCCO2)CC1.I. The zero-order valence-corrected chi connectivity index (χ0v) is 22.0. The molecule has 0 radical (unpaired) electrons. The molecule has 3 aliphatic heterocycles. The highest BCUT2D eigenvalue weighted by Gasteiger charge is 2.24. The lowest BCUT2D eigenvalue weighted by atomic mass is 10.1. The molecule has 8 nitrogen and oxygen atoms in total. The van der Waals surface area contributed by atoms with Gasteiger partial charge in [0.1, 0.15) is 11.6 Å². The highest BCUT2D eigenvalue weighted by molar-refractivity contribution is 14.0. The van der Waals surface area contributed by atoms with Crippen LogP contribution in [0.15, 0.2) is 4.99 Å². The number of hydrogen-bond donors (Lipinski definition) is 1. The van der Waals surface area contributed by atoms with Crippen LogP contribution in [0.25, 0.3) is 0 Å². The number of aliphatic imine (C=N–C) groups is 1. The zero-order chi connectivity index (χ0) is 21.3. The molecule has 0 bridgehead atoms. The molecule has 0 aromatic carbocycles. The van der Waals surface area contributed by atoms with Crippen molar-refractivity contribution in [3.63, 3.8) is 0 Å². The fourth-order valence-electron chi connectivity index (χ4n) is 4.83. The molecule has 0 spiro atoms. The van der Waals surface area contributed by atoms with Crippen molar-refractivity contribution in [3.8, 4) is 0 Å². The van der Waals surface area contributed by atoms with Crippen molar-refractivity contribution < 1.29 is 9.47 Å². The molecule has 3 aliphatic rings. The highest BCUT2D eigenvalue weighted by atomic mass is 127. The van der Waals surface area contributed by atoms with Gasteiger partial charge < -0.3 is 24.3 Å². The number of aryl methyl sites for hydroxylation is 2. The molecule has 4 heterocycles. The summed E-state index contributed by atoms with van der Waals surface area (Å²) in [7, 11) is 0. The van der Waals surface area contributed by atoms with Gasteiger partial charge in [0, 0.05) is 52.2 Å². The Morgan fingerprint density at radius 3 is 2.78 bits per heavy atom. The number of piperidine rings is 1. The van der Waals surface area contributed by atoms with E-state index in [1.807, 2.05) is 0 Å². The van der Waals surface area contributed by atoms with Crippen molar-refractivity contribution in [2.75, 3.05) is 39.4 Å². The number of ether oxygens (including phenoxy) is 2. The summed E-state index contributed by atoms with van der Waals surface area (Å²) in [6.45, 7) is 8.58. The van der Waals surface area contributed by atoms with E-state index in [0.29, 0.717) is 12.2 Å². The average Bonchev–Trinajstić information content (AvgIpc) is 3.39. The minimum absolute atomic E-state index is 0. The van der Waals surface area contributed by atoms with Crippen LogP contribution in [0.1, 0.15) is 69.9 Å². The van der Waals surface area contributed by atoms with Crippen LogP contribution in [-0.2, 0) is 28.9 Å². The summed E-state index contributed by atoms with van der Waals surface area (Å²) in [4.78, 5) is 7.30. The van der Waals surface area contributed by atoms with Gasteiger partial charge >= 0.3 is 0 Å². The molecule has 1 atom stereocenters. The summed E-state index contributed by atoms with van der Waals surface area (Å²) >= 11 is 0. The first-order valence-corrected chi connectivity index (χ1v) is 12.5. The van der Waals surface area contributed by atoms with Crippen LogP contribution in [0, 0.1) is 0 Å². The van der Waals surface area contributed by atoms with Crippen molar-refractivity contribution in [1.29, 1.82) is 0 Å². The van der Waals surface area contributed by atoms with Crippen LogP contribution in [-0.4, -0.2) is 77.2 Å². The lowest BCUT2D eigenvalue weighted by Gasteiger charge is -2.34. The van der Waals surface area contributed by atoms with Crippen molar-refractivity contribution >= 4 is 29.9 Å². The van der Waals surface area contributed by atoms with E-state index >= 15 is 0 Å². The first-order chi connectivity index (χ1) is 15.3. The van der Waals surface area contributed by atoms with Crippen molar-refractivity contribution in [1.82, 2.24) is 25.0 Å². The second-order valence-corrected chi connectivity index (χ2v) is 8.99. The summed E-state index contributed by atoms with van der Waals surface area (Å²) in [6, 6.07) is 0. The number of guanidine groups is 1. The Labute approximate surface area is 209 Å². The molecule has 182 valence electrons. The van der Waals surface area contributed by atoms with Crippen molar-refractivity contribution in [2.24, 2.45) is 4.99 Å². The third-order valence-electron chi connectivity index (χ3n) is 6.62. The van der Waals surface area contributed by atoms with E-state index in [9.17, 15) is 0 Å². The Kier molecular flexibility index (Phi) is 11.0. The number of aromatic nitrogens is 3. The number of nitrogens with one attached hydrogen (secondary N) is 1. The van der Waals surface area contributed by atoms with E-state index in [-0.39, 0.29) is 24.0 Å². The number of hydrogen-bond acceptors (Lipinski definition) is 5. The van der Waals surface area contributed by atoms with Gasteiger partial charge in [-0.3, -0.25) is 4.99 Å². The van der Waals surface area contributed by atoms with Gasteiger partial charge in [0.2, 0.25) is 0 Å². The molecule has 2 fully saturated rings. The van der Waals surface area contributed by atoms with Gasteiger partial charge in [-0.15, -0.1) is 34.2 Å². The Morgan fingerprint density at radius 1 is 1.12 bits per heavy atom. The number of halogens is 1. The smallest absolute Gasteiger partial charge is 0.193 e. The Bertz CT molecular complexity index is 699. The zero-order valence-electron chi connectivity index (χ0n) is 19.6. The van der Waals surface area contributed by atoms with Crippen molar-refractivity contribution in [3.05, 3.63) is 11.6 Å². The minimum atomic E-state index is 0. The van der Waals surface area contributed by atoms with Crippen molar-refractivity contribution in [2.45, 2.75) is 89.9 Å². The van der Waals surface area contributed by atoms with Gasteiger partial charge in [-0.25, -0.2) is 0 Å². The first-order valence-electron chi connectivity index (χ1n) is 12.5. The van der Waals surface area contributed by atoms with Crippen LogP contribution in [0.4, 0.5) is 0 Å². The van der Waals surface area contributed by atoms with E-state index in [1.54, 1.807) is 0 Å². The van der Waals surface area contributed by atoms with Gasteiger partial charge in [0.25, 0.3) is 0 Å². The van der Waals surface area contributed by atoms with Gasteiger partial charge in [0.15, 0.2) is 5.96 Å². The second kappa shape index (κ2) is 13.7. The Balaban J connectivity index is 0.00000289. The largest absolute Gasteiger partial charge is 0.376 e. The summed E-state index contributed by atoms with van der Waals surface area (Å²) in [5.74, 6) is 3.36. The third kappa shape index (κ3) is 7.28. The molecule has 1 N–H and O–H groups in total. The summed E-state index contributed by atoms with van der Waals surface area (Å²) < 4.78 is 14.2. The Hall–Kier alpha value is -0.940. The highest BCUT2D eigenvalue weighted by Crippen LogP contribution is 2.18. The van der Waals surface area contributed by atoms with Crippen LogP contribution in [0.3, 0.4) is 0 Å². The monoisotopic (exact) mass is 560 g/mol. The van der Waals surface area contributed by atoms with Gasteiger partial charge in [0.05, 0.1) is 18.8 Å². The standard InChI is InChI=1S/C23H40N6O2.HI/c1-2-24-23(28-15-11-19(12-16-28)31-18-20-8-7-17-30-20)25-13-6-10-22-27-26-21-9-4-3-5-14-29(21)22;/h19-20H,2-18H2,1H3,(H,24,25);1H. The van der Waals surface area contributed by atoms with Gasteiger partial charge in [-0.2, -0.15) is 0 Å². The van der Waals surface area contributed by atoms with Gasteiger partial charge in [-0.05, 0) is 51.9 Å². The fraction of sp³-hybridized carbons (Fsp3) is 0.870. The molecular weight excluding hydrogens is 519 g/mol. The number of nitrogens with zero attached hydrogens (tertiary/aromatic N) is 5. The summed E-state index contributed by atoms with van der Waals surface area (Å²) in [5.41, 5.74) is 0. The Morgan fingerprint density at radius 2 is 2.00 bits per heavy atom. The molecule has 32 heavy (non-hydrogen) atoms. The van der Waals surface area contributed by atoms with E-state index < -0.39 is 0 Å². The van der Waals surface area contributed by atoms with E-state index in [4.69, 9.17) is 14.5 Å². The van der Waals surface area contributed by atoms with E-state index in [2.05, 4.69) is 31.9 Å². The van der Waals surface area contributed by atoms with E-state index in [1.165, 1.54) is 31.5 Å². The normalized spacial score (nSPS) is 22.3. The molecule has 0 aliphatic carbocycles. The maximum atomic E-state index is 6.12.